The first-order chi connectivity index (χ1) is 7.66. The average molecular weight is 242 g/mol. The Morgan fingerprint density at radius 1 is 0.938 bits per heavy atom. The van der Waals surface area contributed by atoms with Gasteiger partial charge in [-0.1, -0.05) is 6.92 Å². The third kappa shape index (κ3) is 2.34. The van der Waals surface area contributed by atoms with Crippen LogP contribution in [0.25, 0.3) is 0 Å². The van der Waals surface area contributed by atoms with Crippen molar-refractivity contribution < 1.29 is 23.4 Å². The average Bonchev–Trinajstić information content (AvgIpc) is 2.29. The van der Waals surface area contributed by atoms with Crippen LogP contribution in [0.3, 0.4) is 0 Å². The van der Waals surface area contributed by atoms with Crippen molar-refractivity contribution >= 4 is 0 Å². The lowest BCUT2D eigenvalue weighted by molar-refractivity contribution is -0.147. The largest absolute Gasteiger partial charge is 0.390 e. The lowest BCUT2D eigenvalue weighted by atomic mass is 9.50. The zero-order valence-corrected chi connectivity index (χ0v) is 9.30. The SMILES string of the molecule is CC1[C@H]2CC3C[C@H]1CC(O)(C3)C2.FF.FF. The van der Waals surface area contributed by atoms with Crippen LogP contribution in [0.4, 0.5) is 18.3 Å². The first-order valence-corrected chi connectivity index (χ1v) is 5.67. The van der Waals surface area contributed by atoms with Crippen LogP contribution in [0.5, 0.6) is 0 Å². The molecule has 0 aromatic rings. The van der Waals surface area contributed by atoms with Crippen LogP contribution in [0.1, 0.15) is 39.0 Å². The fourth-order valence-corrected chi connectivity index (χ4v) is 4.24. The van der Waals surface area contributed by atoms with Gasteiger partial charge in [-0.25, -0.2) is 0 Å². The Bertz CT molecular complexity index is 208. The molecule has 96 valence electrons. The van der Waals surface area contributed by atoms with E-state index in [1.54, 1.807) is 0 Å². The molecule has 0 radical (unpaired) electrons. The number of hydrogen-bond donors (Lipinski definition) is 1. The molecular formula is C11H18F4O. The van der Waals surface area contributed by atoms with Gasteiger partial charge in [-0.3, -0.25) is 0 Å². The normalized spacial score (nSPS) is 47.6. The molecule has 16 heavy (non-hydrogen) atoms. The number of halogens is 4. The molecule has 1 N–H and O–H groups in total. The molecule has 4 fully saturated rings. The molecule has 0 amide bonds. The van der Waals surface area contributed by atoms with Gasteiger partial charge in [0.1, 0.15) is 0 Å². The van der Waals surface area contributed by atoms with Crippen LogP contribution < -0.4 is 0 Å². The second-order valence-corrected chi connectivity index (χ2v) is 5.55. The van der Waals surface area contributed by atoms with Crippen molar-refractivity contribution in [2.75, 3.05) is 0 Å². The van der Waals surface area contributed by atoms with Gasteiger partial charge in [0, 0.05) is 18.3 Å². The van der Waals surface area contributed by atoms with Gasteiger partial charge in [-0.05, 0) is 55.8 Å². The lowest BCUT2D eigenvalue weighted by Crippen LogP contribution is -2.53. The van der Waals surface area contributed by atoms with Crippen LogP contribution >= 0.6 is 0 Å². The van der Waals surface area contributed by atoms with Gasteiger partial charge < -0.3 is 5.11 Å². The first-order valence-electron chi connectivity index (χ1n) is 5.67. The van der Waals surface area contributed by atoms with Crippen LogP contribution in [-0.2, 0) is 0 Å². The van der Waals surface area contributed by atoms with Crippen LogP contribution in [-0.4, -0.2) is 10.7 Å². The van der Waals surface area contributed by atoms with Crippen molar-refractivity contribution in [2.45, 2.75) is 44.6 Å². The minimum Gasteiger partial charge on any atom is -0.390 e. The molecule has 1 nitrogen and oxygen atoms in total. The van der Waals surface area contributed by atoms with E-state index in [1.165, 1.54) is 12.8 Å². The van der Waals surface area contributed by atoms with E-state index in [0.29, 0.717) is 0 Å². The summed E-state index contributed by atoms with van der Waals surface area (Å²) in [5, 5.41) is 10.2. The summed E-state index contributed by atoms with van der Waals surface area (Å²) in [5.41, 5.74) is -0.219. The predicted octanol–water partition coefficient (Wildman–Crippen LogP) is 3.87. The Labute approximate surface area is 92.6 Å². The lowest BCUT2D eigenvalue weighted by Gasteiger charge is -2.57. The maximum Gasteiger partial charge on any atom is 0.0656 e. The highest BCUT2D eigenvalue weighted by atomic mass is 20.0. The number of rotatable bonds is 0. The van der Waals surface area contributed by atoms with Crippen LogP contribution in [0.2, 0.25) is 0 Å². The molecular weight excluding hydrogens is 224 g/mol. The summed E-state index contributed by atoms with van der Waals surface area (Å²) in [6.07, 6.45) is 6.18. The molecule has 0 spiro atoms. The zero-order chi connectivity index (χ0) is 12.3. The van der Waals surface area contributed by atoms with E-state index in [9.17, 15) is 5.11 Å². The van der Waals surface area contributed by atoms with Crippen LogP contribution in [0, 0.1) is 23.7 Å². The van der Waals surface area contributed by atoms with E-state index in [-0.39, 0.29) is 5.60 Å². The summed E-state index contributed by atoms with van der Waals surface area (Å²) in [5.74, 6) is 3.51. The first kappa shape index (κ1) is 13.7. The van der Waals surface area contributed by atoms with E-state index in [0.717, 1.165) is 42.9 Å². The highest BCUT2D eigenvalue weighted by Crippen LogP contribution is 2.57. The van der Waals surface area contributed by atoms with Gasteiger partial charge in [-0.2, -0.15) is 0 Å². The minimum absolute atomic E-state index is 0.219. The Morgan fingerprint density at radius 3 is 1.75 bits per heavy atom. The third-order valence-corrected chi connectivity index (χ3v) is 4.71. The summed E-state index contributed by atoms with van der Waals surface area (Å²) >= 11 is 0. The van der Waals surface area contributed by atoms with Crippen LogP contribution in [0.15, 0.2) is 0 Å². The van der Waals surface area contributed by atoms with E-state index in [4.69, 9.17) is 18.3 Å². The van der Waals surface area contributed by atoms with E-state index in [2.05, 4.69) is 6.92 Å². The molecule has 5 heteroatoms. The highest BCUT2D eigenvalue weighted by molar-refractivity contribution is 5.04. The molecule has 4 saturated carbocycles. The molecule has 0 heterocycles. The molecule has 0 aromatic heterocycles. The Kier molecular flexibility index (Phi) is 4.59. The third-order valence-electron chi connectivity index (χ3n) is 4.71. The standard InChI is InChI=1S/C11H18O.2F2/c1-7-9-2-8-3-10(7)6-11(12,4-8)5-9;2*1-2/h7-10,12H,2-6H2,1H3;;/t7?,8?,9-,10-,11?;;/m0../s1. The predicted molar refractivity (Wildman–Crippen MR) is 52.1 cm³/mol. The summed E-state index contributed by atoms with van der Waals surface area (Å²) in [7, 11) is 0. The Morgan fingerprint density at radius 2 is 1.38 bits per heavy atom. The Balaban J connectivity index is 0.000000291. The molecule has 0 aliphatic heterocycles. The summed E-state index contributed by atoms with van der Waals surface area (Å²) in [4.78, 5) is 0. The molecule has 4 rings (SSSR count). The van der Waals surface area contributed by atoms with Crippen molar-refractivity contribution in [3.05, 3.63) is 0 Å². The number of hydrogen-bond acceptors (Lipinski definition) is 1. The molecule has 0 aromatic carbocycles. The summed E-state index contributed by atoms with van der Waals surface area (Å²) < 4.78 is 32.0. The van der Waals surface area contributed by atoms with Crippen molar-refractivity contribution in [3.8, 4) is 0 Å². The maximum atomic E-state index is 10.2. The number of aliphatic hydroxyl groups is 1. The van der Waals surface area contributed by atoms with Crippen molar-refractivity contribution in [1.29, 1.82) is 0 Å². The van der Waals surface area contributed by atoms with Crippen molar-refractivity contribution in [2.24, 2.45) is 23.7 Å². The second kappa shape index (κ2) is 5.34. The Hall–Kier alpha value is -0.320. The topological polar surface area (TPSA) is 20.2 Å². The fraction of sp³-hybridized carbons (Fsp3) is 1.00. The molecule has 2 atom stereocenters. The fourth-order valence-electron chi connectivity index (χ4n) is 4.24. The minimum atomic E-state index is -0.219. The van der Waals surface area contributed by atoms with Crippen molar-refractivity contribution in [1.82, 2.24) is 0 Å². The quantitative estimate of drug-likeness (QED) is 0.639. The molecule has 4 aliphatic rings. The van der Waals surface area contributed by atoms with Gasteiger partial charge in [0.25, 0.3) is 0 Å². The van der Waals surface area contributed by atoms with Gasteiger partial charge in [0.15, 0.2) is 0 Å². The van der Waals surface area contributed by atoms with Gasteiger partial charge >= 0.3 is 0 Å². The highest BCUT2D eigenvalue weighted by Gasteiger charge is 2.53. The summed E-state index contributed by atoms with van der Waals surface area (Å²) in [6.45, 7) is 2.40. The zero-order valence-electron chi connectivity index (χ0n) is 9.30. The van der Waals surface area contributed by atoms with Gasteiger partial charge in [-0.15, -0.1) is 0 Å². The molecule has 4 bridgehead atoms. The van der Waals surface area contributed by atoms with E-state index in [1.807, 2.05) is 0 Å². The van der Waals surface area contributed by atoms with E-state index >= 15 is 0 Å². The molecule has 0 saturated heterocycles. The monoisotopic (exact) mass is 242 g/mol. The van der Waals surface area contributed by atoms with Crippen molar-refractivity contribution in [3.63, 3.8) is 0 Å². The summed E-state index contributed by atoms with van der Waals surface area (Å²) in [6, 6.07) is 0. The smallest absolute Gasteiger partial charge is 0.0656 e. The van der Waals surface area contributed by atoms with Gasteiger partial charge in [0.05, 0.1) is 5.60 Å². The van der Waals surface area contributed by atoms with Gasteiger partial charge in [0.2, 0.25) is 0 Å². The molecule has 4 aliphatic carbocycles. The maximum absolute atomic E-state index is 10.2. The van der Waals surface area contributed by atoms with E-state index < -0.39 is 0 Å². The molecule has 0 unspecified atom stereocenters. The second-order valence-electron chi connectivity index (χ2n) is 5.55.